The summed E-state index contributed by atoms with van der Waals surface area (Å²) in [4.78, 5) is 0. The van der Waals surface area contributed by atoms with E-state index >= 15 is 0 Å². The first-order chi connectivity index (χ1) is 8.74. The molecule has 0 radical (unpaired) electrons. The molecule has 3 heteroatoms. The van der Waals surface area contributed by atoms with Crippen molar-refractivity contribution < 1.29 is 4.39 Å². The molecule has 0 bridgehead atoms. The van der Waals surface area contributed by atoms with E-state index in [0.29, 0.717) is 11.4 Å². The number of terminal acetylenes is 1. The van der Waals surface area contributed by atoms with E-state index in [1.54, 1.807) is 36.4 Å². The van der Waals surface area contributed by atoms with Crippen LogP contribution in [0.3, 0.4) is 0 Å². The van der Waals surface area contributed by atoms with Crippen molar-refractivity contribution >= 4 is 11.4 Å². The van der Waals surface area contributed by atoms with Gasteiger partial charge in [-0.3, -0.25) is 0 Å². The highest BCUT2D eigenvalue weighted by Crippen LogP contribution is 2.22. The highest BCUT2D eigenvalue weighted by molar-refractivity contribution is 5.67. The van der Waals surface area contributed by atoms with Crippen LogP contribution in [-0.2, 0) is 0 Å². The lowest BCUT2D eigenvalue weighted by Gasteiger charge is -2.08. The zero-order valence-electron chi connectivity index (χ0n) is 9.44. The highest BCUT2D eigenvalue weighted by atomic mass is 19.1. The number of rotatable bonds is 2. The van der Waals surface area contributed by atoms with Crippen LogP contribution in [0.5, 0.6) is 0 Å². The second kappa shape index (κ2) is 5.03. The van der Waals surface area contributed by atoms with Crippen molar-refractivity contribution in [3.8, 4) is 18.4 Å². The molecule has 0 aliphatic heterocycles. The van der Waals surface area contributed by atoms with Crippen LogP contribution in [0.4, 0.5) is 15.8 Å². The summed E-state index contributed by atoms with van der Waals surface area (Å²) in [7, 11) is 0. The minimum absolute atomic E-state index is 0.0105. The molecule has 2 nitrogen and oxygen atoms in total. The zero-order valence-corrected chi connectivity index (χ0v) is 9.44. The van der Waals surface area contributed by atoms with Crippen LogP contribution in [0, 0.1) is 29.5 Å². The number of benzene rings is 2. The molecule has 0 amide bonds. The van der Waals surface area contributed by atoms with E-state index in [0.717, 1.165) is 5.56 Å². The van der Waals surface area contributed by atoms with E-state index in [-0.39, 0.29) is 5.56 Å². The SMILES string of the molecule is C#Cc1cccc(Nc2cccc(F)c2C#N)c1. The van der Waals surface area contributed by atoms with E-state index < -0.39 is 5.82 Å². The molecule has 0 aliphatic rings. The van der Waals surface area contributed by atoms with Crippen molar-refractivity contribution in [3.63, 3.8) is 0 Å². The smallest absolute Gasteiger partial charge is 0.143 e. The van der Waals surface area contributed by atoms with Gasteiger partial charge >= 0.3 is 0 Å². The standard InChI is InChI=1S/C15H9FN2/c1-2-11-5-3-6-12(9-11)18-15-8-4-7-14(16)13(15)10-17/h1,3-9,18H. The van der Waals surface area contributed by atoms with Gasteiger partial charge in [0.2, 0.25) is 0 Å². The summed E-state index contributed by atoms with van der Waals surface area (Å²) in [6.07, 6.45) is 5.30. The molecule has 2 aromatic carbocycles. The molecule has 0 heterocycles. The van der Waals surface area contributed by atoms with Crippen molar-refractivity contribution in [2.75, 3.05) is 5.32 Å². The normalized spacial score (nSPS) is 9.28. The van der Waals surface area contributed by atoms with Gasteiger partial charge in [-0.25, -0.2) is 4.39 Å². The van der Waals surface area contributed by atoms with Crippen LogP contribution < -0.4 is 5.32 Å². The Kier molecular flexibility index (Phi) is 3.27. The maximum Gasteiger partial charge on any atom is 0.143 e. The van der Waals surface area contributed by atoms with E-state index in [9.17, 15) is 4.39 Å². The number of nitrogens with zero attached hydrogens (tertiary/aromatic N) is 1. The first-order valence-electron chi connectivity index (χ1n) is 5.27. The topological polar surface area (TPSA) is 35.8 Å². The van der Waals surface area contributed by atoms with Gasteiger partial charge in [0.05, 0.1) is 5.69 Å². The third-order valence-electron chi connectivity index (χ3n) is 2.43. The summed E-state index contributed by atoms with van der Waals surface area (Å²) in [5.74, 6) is 1.97. The van der Waals surface area contributed by atoms with Gasteiger partial charge in [-0.2, -0.15) is 5.26 Å². The van der Waals surface area contributed by atoms with Crippen molar-refractivity contribution in [2.45, 2.75) is 0 Å². The molecule has 0 saturated heterocycles. The Morgan fingerprint density at radius 1 is 1.17 bits per heavy atom. The third kappa shape index (κ3) is 2.31. The first-order valence-corrected chi connectivity index (χ1v) is 5.27. The Morgan fingerprint density at radius 2 is 1.94 bits per heavy atom. The lowest BCUT2D eigenvalue weighted by Crippen LogP contribution is -1.96. The molecule has 0 atom stereocenters. The number of halogens is 1. The Balaban J connectivity index is 2.38. The van der Waals surface area contributed by atoms with Crippen molar-refractivity contribution in [3.05, 3.63) is 59.4 Å². The Hall–Kier alpha value is -2.78. The Morgan fingerprint density at radius 3 is 2.67 bits per heavy atom. The van der Waals surface area contributed by atoms with Crippen molar-refractivity contribution in [2.24, 2.45) is 0 Å². The van der Waals surface area contributed by atoms with Crippen LogP contribution in [0.15, 0.2) is 42.5 Å². The van der Waals surface area contributed by atoms with Gasteiger partial charge in [0.15, 0.2) is 0 Å². The van der Waals surface area contributed by atoms with E-state index in [1.165, 1.54) is 6.07 Å². The Bertz CT molecular complexity index is 663. The maximum absolute atomic E-state index is 13.4. The first kappa shape index (κ1) is 11.7. The molecule has 0 spiro atoms. The molecule has 0 unspecified atom stereocenters. The summed E-state index contributed by atoms with van der Waals surface area (Å²) >= 11 is 0. The fourth-order valence-corrected chi connectivity index (χ4v) is 1.58. The Labute approximate surface area is 105 Å². The maximum atomic E-state index is 13.4. The lowest BCUT2D eigenvalue weighted by atomic mass is 10.1. The predicted octanol–water partition coefficient (Wildman–Crippen LogP) is 3.42. The zero-order chi connectivity index (χ0) is 13.0. The molecule has 18 heavy (non-hydrogen) atoms. The summed E-state index contributed by atoms with van der Waals surface area (Å²) in [5, 5.41) is 11.9. The van der Waals surface area contributed by atoms with E-state index in [2.05, 4.69) is 11.2 Å². The number of nitrogens with one attached hydrogen (secondary N) is 1. The quantitative estimate of drug-likeness (QED) is 0.811. The van der Waals surface area contributed by atoms with Crippen molar-refractivity contribution in [1.29, 1.82) is 5.26 Å². The number of hydrogen-bond acceptors (Lipinski definition) is 2. The average molecular weight is 236 g/mol. The second-order valence-electron chi connectivity index (χ2n) is 3.62. The average Bonchev–Trinajstić information content (AvgIpc) is 2.39. The molecule has 2 aromatic rings. The molecule has 2 rings (SSSR count). The lowest BCUT2D eigenvalue weighted by molar-refractivity contribution is 0.624. The van der Waals surface area contributed by atoms with Gasteiger partial charge in [0.25, 0.3) is 0 Å². The van der Waals surface area contributed by atoms with Crippen LogP contribution >= 0.6 is 0 Å². The van der Waals surface area contributed by atoms with Gasteiger partial charge in [0, 0.05) is 11.3 Å². The van der Waals surface area contributed by atoms with Gasteiger partial charge < -0.3 is 5.32 Å². The van der Waals surface area contributed by atoms with Gasteiger partial charge in [-0.05, 0) is 30.3 Å². The van der Waals surface area contributed by atoms with Crippen LogP contribution in [0.2, 0.25) is 0 Å². The minimum Gasteiger partial charge on any atom is -0.354 e. The summed E-state index contributed by atoms with van der Waals surface area (Å²) in [6.45, 7) is 0. The van der Waals surface area contributed by atoms with Crippen LogP contribution in [0.1, 0.15) is 11.1 Å². The van der Waals surface area contributed by atoms with E-state index in [4.69, 9.17) is 11.7 Å². The van der Waals surface area contributed by atoms with Gasteiger partial charge in [-0.15, -0.1) is 6.42 Å². The van der Waals surface area contributed by atoms with Crippen molar-refractivity contribution in [1.82, 2.24) is 0 Å². The minimum atomic E-state index is -0.546. The monoisotopic (exact) mass is 236 g/mol. The molecule has 0 aliphatic carbocycles. The number of hydrogen-bond donors (Lipinski definition) is 1. The fraction of sp³-hybridized carbons (Fsp3) is 0. The molecule has 86 valence electrons. The summed E-state index contributed by atoms with van der Waals surface area (Å²) in [6, 6.07) is 13.4. The van der Waals surface area contributed by atoms with Gasteiger partial charge in [-0.1, -0.05) is 18.1 Å². The molecule has 1 N–H and O–H groups in total. The highest BCUT2D eigenvalue weighted by Gasteiger charge is 2.07. The fourth-order valence-electron chi connectivity index (χ4n) is 1.58. The second-order valence-corrected chi connectivity index (χ2v) is 3.62. The van der Waals surface area contributed by atoms with Gasteiger partial charge in [0.1, 0.15) is 17.4 Å². The molecule has 0 aromatic heterocycles. The third-order valence-corrected chi connectivity index (χ3v) is 2.43. The molecule has 0 fully saturated rings. The molecular formula is C15H9FN2. The molecular weight excluding hydrogens is 227 g/mol. The molecule has 0 saturated carbocycles. The predicted molar refractivity (Wildman–Crippen MR) is 68.8 cm³/mol. The van der Waals surface area contributed by atoms with Crippen LogP contribution in [0.25, 0.3) is 0 Å². The summed E-state index contributed by atoms with van der Waals surface area (Å²) < 4.78 is 13.4. The number of nitriles is 1. The van der Waals surface area contributed by atoms with E-state index in [1.807, 2.05) is 6.07 Å². The summed E-state index contributed by atoms with van der Waals surface area (Å²) in [5.41, 5.74) is 1.85. The van der Waals surface area contributed by atoms with Crippen LogP contribution in [-0.4, -0.2) is 0 Å². The largest absolute Gasteiger partial charge is 0.354 e. The number of anilines is 2.